The summed E-state index contributed by atoms with van der Waals surface area (Å²) in [4.78, 5) is 4.32. The number of likely N-dealkylation sites (N-methyl/N-ethyl adjacent to an activating group) is 2. The molecule has 0 amide bonds. The molecule has 0 radical (unpaired) electrons. The second kappa shape index (κ2) is 9.11. The molecule has 6 heteroatoms. The van der Waals surface area contributed by atoms with Crippen molar-refractivity contribution in [3.63, 3.8) is 0 Å². The monoisotopic (exact) mass is 473 g/mol. The van der Waals surface area contributed by atoms with Crippen LogP contribution in [0, 0.1) is 13.8 Å². The number of amidine groups is 1. The van der Waals surface area contributed by atoms with Crippen LogP contribution in [-0.2, 0) is 15.6 Å². The van der Waals surface area contributed by atoms with E-state index in [1.54, 1.807) is 24.3 Å². The highest BCUT2D eigenvalue weighted by molar-refractivity contribution is 7.90. The van der Waals surface area contributed by atoms with E-state index in [-0.39, 0.29) is 4.90 Å². The molecule has 1 heterocycles. The highest BCUT2D eigenvalue weighted by atomic mass is 32.2. The summed E-state index contributed by atoms with van der Waals surface area (Å²) in [6, 6.07) is 23.2. The fourth-order valence-electron chi connectivity index (χ4n) is 4.83. The molecule has 0 N–H and O–H groups in total. The fraction of sp³-hybridized carbons (Fsp3) is 0.250. The van der Waals surface area contributed by atoms with Crippen molar-refractivity contribution < 1.29 is 8.42 Å². The van der Waals surface area contributed by atoms with E-state index < -0.39 is 15.6 Å². The second-order valence-electron chi connectivity index (χ2n) is 8.71. The number of anilines is 2. The van der Waals surface area contributed by atoms with Gasteiger partial charge in [0.05, 0.1) is 4.90 Å². The third-order valence-corrected chi connectivity index (χ3v) is 7.77. The van der Waals surface area contributed by atoms with E-state index in [1.165, 1.54) is 0 Å². The number of para-hydroxylation sites is 1. The van der Waals surface area contributed by atoms with Crippen molar-refractivity contribution in [3.8, 4) is 0 Å². The summed E-state index contributed by atoms with van der Waals surface area (Å²) in [5.74, 6) is 0.469. The minimum atomic E-state index is -3.95. The van der Waals surface area contributed by atoms with E-state index in [1.807, 2.05) is 43.1 Å². The minimum absolute atomic E-state index is 0.181. The lowest BCUT2D eigenvalue weighted by atomic mass is 9.84. The highest BCUT2D eigenvalue weighted by Gasteiger charge is 2.51. The molecule has 0 aromatic heterocycles. The molecule has 0 fully saturated rings. The highest BCUT2D eigenvalue weighted by Crippen LogP contribution is 2.48. The Bertz CT molecular complexity index is 1330. The van der Waals surface area contributed by atoms with E-state index in [2.05, 4.69) is 60.1 Å². The summed E-state index contributed by atoms with van der Waals surface area (Å²) in [6.07, 6.45) is 2.35. The van der Waals surface area contributed by atoms with Gasteiger partial charge in [-0.2, -0.15) is 8.42 Å². The smallest absolute Gasteiger partial charge is 0.284 e. The van der Waals surface area contributed by atoms with Crippen molar-refractivity contribution in [3.05, 3.63) is 102 Å². The van der Waals surface area contributed by atoms with Crippen molar-refractivity contribution >= 4 is 27.2 Å². The van der Waals surface area contributed by atoms with Crippen LogP contribution in [0.4, 0.5) is 11.4 Å². The van der Waals surface area contributed by atoms with Crippen molar-refractivity contribution in [2.24, 2.45) is 4.40 Å². The van der Waals surface area contributed by atoms with Gasteiger partial charge in [0, 0.05) is 30.5 Å². The van der Waals surface area contributed by atoms with E-state index in [9.17, 15) is 8.42 Å². The van der Waals surface area contributed by atoms with Gasteiger partial charge in [-0.25, -0.2) is 0 Å². The van der Waals surface area contributed by atoms with Crippen molar-refractivity contribution in [1.29, 1.82) is 0 Å². The first-order valence-electron chi connectivity index (χ1n) is 11.4. The van der Waals surface area contributed by atoms with Crippen LogP contribution < -0.4 is 9.80 Å². The minimum Gasteiger partial charge on any atom is -0.355 e. The molecule has 176 valence electrons. The lowest BCUT2D eigenvalue weighted by Crippen LogP contribution is -2.53. The zero-order valence-electron chi connectivity index (χ0n) is 20.2. The number of sulfonamides is 1. The third-order valence-electron chi connectivity index (χ3n) is 6.49. The number of benzene rings is 3. The summed E-state index contributed by atoms with van der Waals surface area (Å²) in [6.45, 7) is 10.8. The van der Waals surface area contributed by atoms with Gasteiger partial charge < -0.3 is 9.80 Å². The van der Waals surface area contributed by atoms with Crippen LogP contribution in [0.3, 0.4) is 0 Å². The van der Waals surface area contributed by atoms with Crippen LogP contribution >= 0.6 is 0 Å². The van der Waals surface area contributed by atoms with Crippen LogP contribution in [0.15, 0.2) is 94.7 Å². The fourth-order valence-corrected chi connectivity index (χ4v) is 5.91. The Morgan fingerprint density at radius 1 is 0.971 bits per heavy atom. The van der Waals surface area contributed by atoms with Gasteiger partial charge in [0.25, 0.3) is 10.0 Å². The zero-order valence-corrected chi connectivity index (χ0v) is 21.0. The molecule has 3 aromatic carbocycles. The molecule has 1 atom stereocenters. The Kier molecular flexibility index (Phi) is 6.36. The van der Waals surface area contributed by atoms with Gasteiger partial charge in [-0.3, -0.25) is 0 Å². The van der Waals surface area contributed by atoms with Gasteiger partial charge in [0.15, 0.2) is 5.84 Å². The number of aryl methyl sites for hydroxylation is 2. The first kappa shape index (κ1) is 23.8. The van der Waals surface area contributed by atoms with Crippen molar-refractivity contribution in [1.82, 2.24) is 0 Å². The van der Waals surface area contributed by atoms with Crippen LogP contribution in [-0.4, -0.2) is 27.8 Å². The number of rotatable bonds is 7. The van der Waals surface area contributed by atoms with Gasteiger partial charge in [0.2, 0.25) is 0 Å². The molecule has 0 saturated heterocycles. The first-order chi connectivity index (χ1) is 16.2. The molecule has 1 unspecified atom stereocenters. The Balaban J connectivity index is 2.00. The third kappa shape index (κ3) is 3.92. The summed E-state index contributed by atoms with van der Waals surface area (Å²) in [5.41, 5.74) is 4.28. The maximum atomic E-state index is 13.5. The Morgan fingerprint density at radius 3 is 2.15 bits per heavy atom. The number of nitrogens with zero attached hydrogens (tertiary/aromatic N) is 3. The van der Waals surface area contributed by atoms with Crippen LogP contribution in [0.1, 0.15) is 30.0 Å². The van der Waals surface area contributed by atoms with Crippen molar-refractivity contribution in [2.75, 3.05) is 23.4 Å². The summed E-state index contributed by atoms with van der Waals surface area (Å²) < 4.78 is 31.6. The maximum Gasteiger partial charge on any atom is 0.284 e. The molecule has 1 aliphatic rings. The molecule has 0 aliphatic carbocycles. The molecule has 1 aliphatic heterocycles. The second-order valence-corrected chi connectivity index (χ2v) is 10.3. The van der Waals surface area contributed by atoms with Crippen LogP contribution in [0.25, 0.3) is 0 Å². The average Bonchev–Trinajstić information content (AvgIpc) is 3.05. The Hall–Kier alpha value is -3.38. The summed E-state index contributed by atoms with van der Waals surface area (Å²) in [5, 5.41) is 0. The quantitative estimate of drug-likeness (QED) is 0.405. The molecule has 5 nitrogen and oxygen atoms in total. The predicted octanol–water partition coefficient (Wildman–Crippen LogP) is 5.84. The molecular formula is C28H31N3O2S. The molecule has 0 saturated carbocycles. The predicted molar refractivity (Wildman–Crippen MR) is 141 cm³/mol. The van der Waals surface area contributed by atoms with Gasteiger partial charge in [-0.1, -0.05) is 59.7 Å². The van der Waals surface area contributed by atoms with Crippen LogP contribution in [0.5, 0.6) is 0 Å². The molecular weight excluding hydrogens is 442 g/mol. The van der Waals surface area contributed by atoms with Gasteiger partial charge in [0.1, 0.15) is 5.54 Å². The molecule has 34 heavy (non-hydrogen) atoms. The topological polar surface area (TPSA) is 53.0 Å². The number of hydrogen-bond donors (Lipinski definition) is 0. The maximum absolute atomic E-state index is 13.5. The molecule has 3 aromatic rings. The average molecular weight is 474 g/mol. The number of fused-ring (bicyclic) bond motifs is 1. The van der Waals surface area contributed by atoms with Gasteiger partial charge in [-0.05, 0) is 57.5 Å². The normalized spacial score (nSPS) is 18.7. The SMILES string of the molecule is C=CCC1(N(CC)c2ccc(C)cc2)/C(=N/S(=O)(=O)c2ccc(C)cc2)N(C)c2ccccc21. The largest absolute Gasteiger partial charge is 0.355 e. The lowest BCUT2D eigenvalue weighted by molar-refractivity contribution is 0.548. The number of hydrogen-bond acceptors (Lipinski definition) is 3. The summed E-state index contributed by atoms with van der Waals surface area (Å²) >= 11 is 0. The zero-order chi connectivity index (χ0) is 24.5. The van der Waals surface area contributed by atoms with E-state index in [0.717, 1.165) is 28.1 Å². The van der Waals surface area contributed by atoms with Crippen molar-refractivity contribution in [2.45, 2.75) is 37.6 Å². The molecule has 4 rings (SSSR count). The Morgan fingerprint density at radius 2 is 1.56 bits per heavy atom. The Labute approximate surface area is 203 Å². The van der Waals surface area contributed by atoms with Crippen LogP contribution in [0.2, 0.25) is 0 Å². The standard InChI is InChI=1S/C28H31N3O2S/c1-6-20-28(31(7-2)23-16-12-21(3)13-17-23)25-10-8-9-11-26(25)30(5)27(28)29-34(32,33)24-18-14-22(4)15-19-24/h6,8-19H,1,7,20H2,2-5H3/b29-27-. The van der Waals surface area contributed by atoms with E-state index >= 15 is 0 Å². The molecule has 0 spiro atoms. The van der Waals surface area contributed by atoms with Gasteiger partial charge >= 0.3 is 0 Å². The van der Waals surface area contributed by atoms with E-state index in [4.69, 9.17) is 0 Å². The summed E-state index contributed by atoms with van der Waals surface area (Å²) in [7, 11) is -2.06. The van der Waals surface area contributed by atoms with Gasteiger partial charge in [-0.15, -0.1) is 11.0 Å². The first-order valence-corrected chi connectivity index (χ1v) is 12.9. The molecule has 0 bridgehead atoms. The lowest BCUT2D eigenvalue weighted by Gasteiger charge is -2.43. The van der Waals surface area contributed by atoms with E-state index in [0.29, 0.717) is 18.8 Å².